The molecule has 4 aromatic carbocycles. The van der Waals surface area contributed by atoms with E-state index >= 15 is 0 Å². The quantitative estimate of drug-likeness (QED) is 0.200. The Morgan fingerprint density at radius 3 is 1.44 bits per heavy atom. The van der Waals surface area contributed by atoms with Gasteiger partial charge in [0.15, 0.2) is 0 Å². The van der Waals surface area contributed by atoms with Crippen LogP contribution < -0.4 is 15.9 Å². The van der Waals surface area contributed by atoms with Crippen LogP contribution in [-0.4, -0.2) is 20.2 Å². The molecule has 5 nitrogen and oxygen atoms in total. The van der Waals surface area contributed by atoms with Gasteiger partial charge in [-0.05, 0) is 49.0 Å². The number of aryl methyl sites for hydroxylation is 1. The van der Waals surface area contributed by atoms with Crippen LogP contribution in [0, 0.1) is 0 Å². The summed E-state index contributed by atoms with van der Waals surface area (Å²) < 4.78 is 1.54. The molecule has 0 bridgehead atoms. The Kier molecular flexibility index (Phi) is 10.2. The van der Waals surface area contributed by atoms with Crippen LogP contribution in [0.5, 0.6) is 0 Å². The van der Waals surface area contributed by atoms with Gasteiger partial charge in [-0.2, -0.15) is 0 Å². The second-order valence-corrected chi connectivity index (χ2v) is 9.86. The maximum atomic E-state index is 4.26. The van der Waals surface area contributed by atoms with Crippen LogP contribution in [0.1, 0.15) is 5.56 Å². The predicted octanol–water partition coefficient (Wildman–Crippen LogP) is 4.59. The summed E-state index contributed by atoms with van der Waals surface area (Å²) in [6.45, 7) is 0.606. The van der Waals surface area contributed by atoms with Crippen molar-refractivity contribution in [2.45, 2.75) is 6.54 Å². The van der Waals surface area contributed by atoms with Crippen molar-refractivity contribution in [3.05, 3.63) is 132 Å². The van der Waals surface area contributed by atoms with E-state index in [1.165, 1.54) is 15.9 Å². The standard InChI is InChI=1S/C18H15P.C9H10N5.Au/c1-4-10-16(11-5-1)19(17-12-6-2-7-13-17)18-14-8-3-9-15-18;1-14-9(11-12-13-14)10-7-8-5-3-2-4-6-8;/h1-15H;2-6H,7H2,1H3;/q;-1;+1/p+1. The Bertz CT molecular complexity index is 1130. The van der Waals surface area contributed by atoms with Crippen LogP contribution in [0.4, 0.5) is 5.95 Å². The van der Waals surface area contributed by atoms with Crippen LogP contribution in [0.25, 0.3) is 5.32 Å². The summed E-state index contributed by atoms with van der Waals surface area (Å²) in [4.78, 5) is 0. The van der Waals surface area contributed by atoms with Gasteiger partial charge in [-0.15, -0.1) is 10.4 Å². The van der Waals surface area contributed by atoms with E-state index < -0.39 is 7.92 Å². The van der Waals surface area contributed by atoms with E-state index in [1.54, 1.807) is 11.7 Å². The van der Waals surface area contributed by atoms with E-state index in [0.717, 1.165) is 5.56 Å². The number of benzene rings is 4. The molecule has 0 aliphatic carbocycles. The summed E-state index contributed by atoms with van der Waals surface area (Å²) in [6, 6.07) is 42.5. The maximum Gasteiger partial charge on any atom is 1.00 e. The summed E-state index contributed by atoms with van der Waals surface area (Å²) in [5.74, 6) is 0.550. The molecule has 5 rings (SSSR count). The molecule has 0 N–H and O–H groups in total. The van der Waals surface area contributed by atoms with Gasteiger partial charge in [-0.1, -0.05) is 84.9 Å². The molecule has 0 spiro atoms. The SMILES string of the molecule is Cn1nnnc1[N-]Cc1ccccc1.[Au+].c1ccc([PH+](c2ccccc2)c2ccccc2)cc1. The molecule has 0 radical (unpaired) electrons. The number of rotatable bonds is 6. The van der Waals surface area contributed by atoms with Gasteiger partial charge in [0.2, 0.25) is 0 Å². The number of nitrogens with zero attached hydrogens (tertiary/aromatic N) is 5. The minimum Gasteiger partial charge on any atom is -0.387 e. The van der Waals surface area contributed by atoms with Gasteiger partial charge in [-0.3, -0.25) is 5.10 Å². The van der Waals surface area contributed by atoms with Crippen molar-refractivity contribution < 1.29 is 22.4 Å². The monoisotopic (exact) mass is 648 g/mol. The van der Waals surface area contributed by atoms with Crippen LogP contribution in [-0.2, 0) is 36.0 Å². The van der Waals surface area contributed by atoms with Crippen molar-refractivity contribution in [1.82, 2.24) is 20.2 Å². The smallest absolute Gasteiger partial charge is 0.387 e. The second-order valence-electron chi connectivity index (χ2n) is 7.38. The van der Waals surface area contributed by atoms with Crippen LogP contribution in [0.3, 0.4) is 0 Å². The van der Waals surface area contributed by atoms with Gasteiger partial charge in [-0.25, -0.2) is 0 Å². The van der Waals surface area contributed by atoms with Gasteiger partial charge >= 0.3 is 22.4 Å². The van der Waals surface area contributed by atoms with Crippen molar-refractivity contribution in [2.24, 2.45) is 7.05 Å². The Labute approximate surface area is 217 Å². The van der Waals surface area contributed by atoms with Crippen LogP contribution in [0.2, 0.25) is 0 Å². The normalized spacial score (nSPS) is 10.1. The summed E-state index contributed by atoms with van der Waals surface area (Å²) in [6.07, 6.45) is 0. The summed E-state index contributed by atoms with van der Waals surface area (Å²) in [7, 11) is 0.890. The molecule has 5 aromatic rings. The largest absolute Gasteiger partial charge is 1.00 e. The summed E-state index contributed by atoms with van der Waals surface area (Å²) in [5, 5.41) is 19.5. The number of aromatic nitrogens is 4. The third-order valence-electron chi connectivity index (χ3n) is 5.03. The molecular weight excluding hydrogens is 622 g/mol. The van der Waals surface area contributed by atoms with Gasteiger partial charge in [0.1, 0.15) is 15.9 Å². The molecule has 174 valence electrons. The Morgan fingerprint density at radius 2 is 1.06 bits per heavy atom. The third kappa shape index (κ3) is 7.21. The van der Waals surface area contributed by atoms with Gasteiger partial charge in [0.05, 0.1) is 13.9 Å². The number of tetrazole rings is 1. The second kappa shape index (κ2) is 13.6. The van der Waals surface area contributed by atoms with E-state index in [9.17, 15) is 0 Å². The van der Waals surface area contributed by atoms with Crippen molar-refractivity contribution in [2.75, 3.05) is 0 Å². The van der Waals surface area contributed by atoms with Gasteiger partial charge in [0, 0.05) is 6.54 Å². The first-order valence-electron chi connectivity index (χ1n) is 10.8. The van der Waals surface area contributed by atoms with Crippen molar-refractivity contribution in [1.29, 1.82) is 0 Å². The molecule has 1 heterocycles. The average molecular weight is 648 g/mol. The van der Waals surface area contributed by atoms with E-state index in [1.807, 2.05) is 30.3 Å². The fraction of sp³-hybridized carbons (Fsp3) is 0.0741. The Balaban J connectivity index is 0.000000193. The first-order chi connectivity index (χ1) is 16.3. The zero-order chi connectivity index (χ0) is 22.7. The Morgan fingerprint density at radius 1 is 0.647 bits per heavy atom. The molecular formula is C27H26AuN5P+. The van der Waals surface area contributed by atoms with Crippen molar-refractivity contribution >= 4 is 29.8 Å². The fourth-order valence-corrected chi connectivity index (χ4v) is 6.00. The molecule has 7 heteroatoms. The van der Waals surface area contributed by atoms with Crippen molar-refractivity contribution in [3.8, 4) is 0 Å². The topological polar surface area (TPSA) is 57.7 Å². The van der Waals surface area contributed by atoms with Crippen LogP contribution >= 0.6 is 7.92 Å². The molecule has 0 atom stereocenters. The van der Waals surface area contributed by atoms with Gasteiger partial charge in [0.25, 0.3) is 0 Å². The molecule has 0 saturated carbocycles. The average Bonchev–Trinajstić information content (AvgIpc) is 3.30. The first-order valence-corrected chi connectivity index (χ1v) is 12.3. The van der Waals surface area contributed by atoms with E-state index in [0.29, 0.717) is 12.5 Å². The molecule has 0 saturated heterocycles. The molecule has 0 fully saturated rings. The minimum atomic E-state index is -0.877. The van der Waals surface area contributed by atoms with E-state index in [2.05, 4.69) is 112 Å². The molecule has 1 aromatic heterocycles. The van der Waals surface area contributed by atoms with Gasteiger partial charge < -0.3 is 10.00 Å². The third-order valence-corrected chi connectivity index (χ3v) is 7.76. The zero-order valence-corrected chi connectivity index (χ0v) is 22.0. The molecule has 0 amide bonds. The molecule has 0 aliphatic rings. The van der Waals surface area contributed by atoms with Crippen LogP contribution in [0.15, 0.2) is 121 Å². The minimum absolute atomic E-state index is 0. The number of hydrogen-bond donors (Lipinski definition) is 0. The number of hydrogen-bond acceptors (Lipinski definition) is 3. The summed E-state index contributed by atoms with van der Waals surface area (Å²) >= 11 is 0. The predicted molar refractivity (Wildman–Crippen MR) is 139 cm³/mol. The van der Waals surface area contributed by atoms with Crippen molar-refractivity contribution in [3.63, 3.8) is 0 Å². The van der Waals surface area contributed by atoms with E-state index in [4.69, 9.17) is 0 Å². The first kappa shape index (κ1) is 25.5. The zero-order valence-electron chi connectivity index (χ0n) is 18.8. The maximum absolute atomic E-state index is 4.26. The Hall–Kier alpha value is -3.08. The molecule has 0 unspecified atom stereocenters. The molecule has 34 heavy (non-hydrogen) atoms. The molecule has 0 aliphatic heterocycles. The van der Waals surface area contributed by atoms with E-state index in [-0.39, 0.29) is 22.4 Å². The fourth-order valence-electron chi connectivity index (χ4n) is 3.42. The summed E-state index contributed by atoms with van der Waals surface area (Å²) in [5.41, 5.74) is 1.15.